The van der Waals surface area contributed by atoms with E-state index in [-0.39, 0.29) is 0 Å². The van der Waals surface area contributed by atoms with Gasteiger partial charge < -0.3 is 10.3 Å². The topological polar surface area (TPSA) is 121 Å². The fourth-order valence-corrected chi connectivity index (χ4v) is 5.40. The molecular formula is C29H27N9. The lowest BCUT2D eigenvalue weighted by molar-refractivity contribution is 0.489. The average Bonchev–Trinajstić information content (AvgIpc) is 3.73. The molecule has 0 spiro atoms. The minimum atomic E-state index is 0.636. The standard InChI is InChI=1S/C29H27N9/c1-2-5-18(4-1)12-31-13-19-10-21(16-32-14-19)22-11-24-26(37-38-27(24)34-17-22)29-35-25-23(7-9-33-28(25)36-29)20-6-3-8-30-15-20/h3,6-11,14-18,31H,1-2,4-5,12-13H2,(H,33,35,36)(H,34,37,38). The molecule has 6 aromatic rings. The summed E-state index contributed by atoms with van der Waals surface area (Å²) in [5.41, 5.74) is 8.00. The summed E-state index contributed by atoms with van der Waals surface area (Å²) in [7, 11) is 0. The van der Waals surface area contributed by atoms with Crippen LogP contribution in [0.5, 0.6) is 0 Å². The Morgan fingerprint density at radius 1 is 0.868 bits per heavy atom. The molecule has 1 saturated carbocycles. The van der Waals surface area contributed by atoms with Gasteiger partial charge in [-0.1, -0.05) is 18.9 Å². The zero-order valence-electron chi connectivity index (χ0n) is 20.9. The molecule has 6 aromatic heterocycles. The van der Waals surface area contributed by atoms with Crippen LogP contribution in [0, 0.1) is 5.92 Å². The second-order valence-corrected chi connectivity index (χ2v) is 9.94. The van der Waals surface area contributed by atoms with Crippen LogP contribution in [0.4, 0.5) is 0 Å². The highest BCUT2D eigenvalue weighted by Crippen LogP contribution is 2.31. The number of aromatic amines is 2. The van der Waals surface area contributed by atoms with Gasteiger partial charge in [0, 0.05) is 66.0 Å². The number of nitrogens with one attached hydrogen (secondary N) is 3. The molecule has 188 valence electrons. The van der Waals surface area contributed by atoms with E-state index in [4.69, 9.17) is 4.98 Å². The Morgan fingerprint density at radius 3 is 2.66 bits per heavy atom. The number of aromatic nitrogens is 8. The first-order valence-corrected chi connectivity index (χ1v) is 13.1. The van der Waals surface area contributed by atoms with Crippen molar-refractivity contribution in [2.45, 2.75) is 32.2 Å². The summed E-state index contributed by atoms with van der Waals surface area (Å²) in [6.45, 7) is 1.89. The van der Waals surface area contributed by atoms with E-state index in [2.05, 4.69) is 52.6 Å². The highest BCUT2D eigenvalue weighted by Gasteiger charge is 2.17. The molecule has 0 radical (unpaired) electrons. The van der Waals surface area contributed by atoms with Gasteiger partial charge in [0.05, 0.1) is 5.39 Å². The normalized spacial score (nSPS) is 14.1. The SMILES string of the molecule is c1cncc(-c2ccnc3[nH]c(-c4n[nH]c5ncc(-c6cncc(CNCC7CCCC7)c6)cc45)nc23)c1. The predicted molar refractivity (Wildman–Crippen MR) is 147 cm³/mol. The van der Waals surface area contributed by atoms with Crippen LogP contribution in [0.25, 0.3) is 56.0 Å². The third-order valence-electron chi connectivity index (χ3n) is 7.36. The maximum Gasteiger partial charge on any atom is 0.161 e. The van der Waals surface area contributed by atoms with Gasteiger partial charge in [-0.25, -0.2) is 15.0 Å². The zero-order chi connectivity index (χ0) is 25.3. The lowest BCUT2D eigenvalue weighted by Crippen LogP contribution is -2.20. The van der Waals surface area contributed by atoms with E-state index in [1.54, 1.807) is 12.4 Å². The summed E-state index contributed by atoms with van der Waals surface area (Å²) in [5, 5.41) is 12.1. The van der Waals surface area contributed by atoms with Crippen molar-refractivity contribution in [2.75, 3.05) is 6.54 Å². The summed E-state index contributed by atoms with van der Waals surface area (Å²) < 4.78 is 0. The van der Waals surface area contributed by atoms with E-state index in [9.17, 15) is 0 Å². The molecule has 0 amide bonds. The van der Waals surface area contributed by atoms with Crippen LogP contribution in [0.15, 0.2) is 67.5 Å². The molecule has 9 nitrogen and oxygen atoms in total. The number of hydrogen-bond donors (Lipinski definition) is 3. The second-order valence-electron chi connectivity index (χ2n) is 9.94. The monoisotopic (exact) mass is 501 g/mol. The minimum absolute atomic E-state index is 0.636. The Morgan fingerprint density at radius 2 is 1.76 bits per heavy atom. The van der Waals surface area contributed by atoms with E-state index in [1.807, 2.05) is 43.0 Å². The number of H-pyrrole nitrogens is 2. The van der Waals surface area contributed by atoms with E-state index in [1.165, 1.54) is 31.2 Å². The van der Waals surface area contributed by atoms with Crippen LogP contribution in [0.1, 0.15) is 31.2 Å². The van der Waals surface area contributed by atoms with Crippen molar-refractivity contribution < 1.29 is 0 Å². The van der Waals surface area contributed by atoms with Gasteiger partial charge in [-0.15, -0.1) is 0 Å². The Hall–Kier alpha value is -4.50. The number of fused-ring (bicyclic) bond motifs is 2. The van der Waals surface area contributed by atoms with E-state index in [0.29, 0.717) is 22.8 Å². The van der Waals surface area contributed by atoms with Crippen LogP contribution in [0.2, 0.25) is 0 Å². The first-order valence-electron chi connectivity index (χ1n) is 13.1. The summed E-state index contributed by atoms with van der Waals surface area (Å²) in [6.07, 6.45) is 16.5. The highest BCUT2D eigenvalue weighted by molar-refractivity contribution is 5.95. The van der Waals surface area contributed by atoms with Gasteiger partial charge in [0.2, 0.25) is 0 Å². The van der Waals surface area contributed by atoms with Gasteiger partial charge in [-0.2, -0.15) is 5.10 Å². The Labute approximate surface area is 219 Å². The van der Waals surface area contributed by atoms with Crippen molar-refractivity contribution in [1.82, 2.24) is 45.4 Å². The molecule has 1 aliphatic carbocycles. The quantitative estimate of drug-likeness (QED) is 0.271. The van der Waals surface area contributed by atoms with Crippen molar-refractivity contribution in [3.8, 4) is 33.8 Å². The van der Waals surface area contributed by atoms with Crippen LogP contribution in [-0.4, -0.2) is 46.6 Å². The van der Waals surface area contributed by atoms with Crippen LogP contribution in [-0.2, 0) is 6.54 Å². The molecular weight excluding hydrogens is 474 g/mol. The lowest BCUT2D eigenvalue weighted by atomic mass is 10.1. The molecule has 0 aromatic carbocycles. The lowest BCUT2D eigenvalue weighted by Gasteiger charge is -2.11. The van der Waals surface area contributed by atoms with Crippen molar-refractivity contribution >= 4 is 22.2 Å². The Balaban J connectivity index is 1.20. The zero-order valence-corrected chi connectivity index (χ0v) is 20.9. The molecule has 1 aliphatic rings. The number of imidazole rings is 1. The van der Waals surface area contributed by atoms with Gasteiger partial charge in [0.25, 0.3) is 0 Å². The third-order valence-corrected chi connectivity index (χ3v) is 7.36. The molecule has 3 N–H and O–H groups in total. The van der Waals surface area contributed by atoms with Crippen molar-refractivity contribution in [2.24, 2.45) is 5.92 Å². The van der Waals surface area contributed by atoms with E-state index >= 15 is 0 Å². The van der Waals surface area contributed by atoms with Crippen LogP contribution < -0.4 is 5.32 Å². The summed E-state index contributed by atoms with van der Waals surface area (Å²) >= 11 is 0. The van der Waals surface area contributed by atoms with E-state index in [0.717, 1.165) is 52.2 Å². The number of hydrogen-bond acceptors (Lipinski definition) is 7. The molecule has 0 unspecified atom stereocenters. The first-order chi connectivity index (χ1) is 18.8. The molecule has 0 aliphatic heterocycles. The van der Waals surface area contributed by atoms with E-state index < -0.39 is 0 Å². The van der Waals surface area contributed by atoms with Gasteiger partial charge >= 0.3 is 0 Å². The van der Waals surface area contributed by atoms with Crippen molar-refractivity contribution in [3.63, 3.8) is 0 Å². The number of nitrogens with zero attached hydrogens (tertiary/aromatic N) is 6. The Bertz CT molecular complexity index is 1710. The largest absolute Gasteiger partial charge is 0.321 e. The summed E-state index contributed by atoms with van der Waals surface area (Å²) in [4.78, 5) is 26.1. The molecule has 0 bridgehead atoms. The summed E-state index contributed by atoms with van der Waals surface area (Å²) in [6, 6.07) is 10.2. The maximum atomic E-state index is 4.89. The molecule has 6 heterocycles. The highest BCUT2D eigenvalue weighted by atomic mass is 15.2. The maximum absolute atomic E-state index is 4.89. The molecule has 9 heteroatoms. The number of rotatable bonds is 7. The minimum Gasteiger partial charge on any atom is -0.321 e. The fraction of sp³-hybridized carbons (Fsp3) is 0.241. The van der Waals surface area contributed by atoms with Crippen LogP contribution >= 0.6 is 0 Å². The average molecular weight is 502 g/mol. The smallest absolute Gasteiger partial charge is 0.161 e. The molecule has 0 atom stereocenters. The van der Waals surface area contributed by atoms with Crippen LogP contribution in [0.3, 0.4) is 0 Å². The molecule has 38 heavy (non-hydrogen) atoms. The molecule has 1 fully saturated rings. The van der Waals surface area contributed by atoms with Gasteiger partial charge in [-0.05, 0) is 55.1 Å². The predicted octanol–water partition coefficient (Wildman–Crippen LogP) is 5.30. The van der Waals surface area contributed by atoms with Gasteiger partial charge in [-0.3, -0.25) is 15.1 Å². The second kappa shape index (κ2) is 9.75. The third kappa shape index (κ3) is 4.31. The Kier molecular flexibility index (Phi) is 5.82. The van der Waals surface area contributed by atoms with Gasteiger partial charge in [0.15, 0.2) is 17.1 Å². The number of pyridine rings is 4. The fourth-order valence-electron chi connectivity index (χ4n) is 5.40. The summed E-state index contributed by atoms with van der Waals surface area (Å²) in [5.74, 6) is 1.45. The first kappa shape index (κ1) is 22.7. The molecule has 0 saturated heterocycles. The molecule has 7 rings (SSSR count). The van der Waals surface area contributed by atoms with Crippen molar-refractivity contribution in [1.29, 1.82) is 0 Å². The van der Waals surface area contributed by atoms with Gasteiger partial charge in [0.1, 0.15) is 11.2 Å². The van der Waals surface area contributed by atoms with Crippen molar-refractivity contribution in [3.05, 3.63) is 73.1 Å².